The van der Waals surface area contributed by atoms with Gasteiger partial charge < -0.3 is 15.0 Å². The molecule has 1 aromatic heterocycles. The summed E-state index contributed by atoms with van der Waals surface area (Å²) in [7, 11) is -1.41. The van der Waals surface area contributed by atoms with Crippen molar-refractivity contribution in [2.24, 2.45) is 0 Å². The van der Waals surface area contributed by atoms with E-state index < -0.39 is 7.12 Å². The second-order valence-electron chi connectivity index (χ2n) is 4.97. The lowest BCUT2D eigenvalue weighted by Gasteiger charge is -2.02. The Morgan fingerprint density at radius 2 is 1.90 bits per heavy atom. The van der Waals surface area contributed by atoms with Gasteiger partial charge in [-0.25, -0.2) is 4.98 Å². The molecule has 0 amide bonds. The molecule has 4 nitrogen and oxygen atoms in total. The predicted octanol–water partition coefficient (Wildman–Crippen LogP) is 1.84. The van der Waals surface area contributed by atoms with Gasteiger partial charge in [-0.2, -0.15) is 0 Å². The number of aromatic amines is 1. The number of aromatic nitrogens is 2. The molecule has 0 fully saturated rings. The molecule has 0 radical (unpaired) electrons. The van der Waals surface area contributed by atoms with Crippen molar-refractivity contribution in [3.8, 4) is 0 Å². The number of H-pyrrole nitrogens is 1. The summed E-state index contributed by atoms with van der Waals surface area (Å²) < 4.78 is 0. The van der Waals surface area contributed by atoms with Crippen molar-refractivity contribution >= 4 is 35.4 Å². The quantitative estimate of drug-likeness (QED) is 0.508. The number of hydrogen-bond donors (Lipinski definition) is 3. The van der Waals surface area contributed by atoms with Crippen LogP contribution < -0.4 is 5.46 Å². The van der Waals surface area contributed by atoms with Crippen LogP contribution >= 0.6 is 11.8 Å². The number of hydrogen-bond acceptors (Lipinski definition) is 4. The first-order valence-electron chi connectivity index (χ1n) is 6.66. The van der Waals surface area contributed by atoms with E-state index in [1.54, 1.807) is 23.9 Å². The third kappa shape index (κ3) is 3.29. The maximum Gasteiger partial charge on any atom is 0.488 e. The molecule has 1 heterocycles. The number of nitrogens with zero attached hydrogens (tertiary/aromatic N) is 1. The normalized spacial score (nSPS) is 11.0. The maximum absolute atomic E-state index is 9.06. The molecule has 3 N–H and O–H groups in total. The van der Waals surface area contributed by atoms with E-state index in [4.69, 9.17) is 10.0 Å². The number of benzene rings is 2. The molecule has 0 aliphatic carbocycles. The molecule has 0 saturated carbocycles. The first kappa shape index (κ1) is 14.2. The summed E-state index contributed by atoms with van der Waals surface area (Å²) in [5.41, 5.74) is 4.85. The summed E-state index contributed by atoms with van der Waals surface area (Å²) in [6.07, 6.45) is 0. The van der Waals surface area contributed by atoms with Crippen LogP contribution in [0.15, 0.2) is 47.6 Å². The Morgan fingerprint density at radius 3 is 2.62 bits per heavy atom. The SMILES string of the molecule is Cc1ccc2nc(SCc3ccc(B(O)O)cc3)[nH]c2c1. The molecule has 0 aliphatic heterocycles. The van der Waals surface area contributed by atoms with E-state index in [1.165, 1.54) is 5.56 Å². The Morgan fingerprint density at radius 1 is 1.14 bits per heavy atom. The molecule has 6 heteroatoms. The minimum Gasteiger partial charge on any atom is -0.423 e. The molecule has 3 rings (SSSR count). The van der Waals surface area contributed by atoms with Gasteiger partial charge in [-0.3, -0.25) is 0 Å². The zero-order chi connectivity index (χ0) is 14.8. The summed E-state index contributed by atoms with van der Waals surface area (Å²) in [6, 6.07) is 13.4. The third-order valence-corrected chi connectivity index (χ3v) is 4.21. The van der Waals surface area contributed by atoms with Crippen LogP contribution in [0.1, 0.15) is 11.1 Å². The number of rotatable bonds is 4. The molecule has 3 aromatic rings. The maximum atomic E-state index is 9.06. The highest BCUT2D eigenvalue weighted by Gasteiger charge is 2.10. The standard InChI is InChI=1S/C15H15BN2O2S/c1-10-2-7-13-14(8-10)18-15(17-13)21-9-11-3-5-12(6-4-11)16(19)20/h2-8,19-20H,9H2,1H3,(H,17,18). The van der Waals surface area contributed by atoms with E-state index in [1.807, 2.05) is 18.2 Å². The second-order valence-corrected chi connectivity index (χ2v) is 5.93. The Labute approximate surface area is 127 Å². The minimum atomic E-state index is -1.41. The molecule has 0 aliphatic rings. The fraction of sp³-hybridized carbons (Fsp3) is 0.133. The predicted molar refractivity (Wildman–Crippen MR) is 86.7 cm³/mol. The van der Waals surface area contributed by atoms with Crippen molar-refractivity contribution in [1.82, 2.24) is 9.97 Å². The summed E-state index contributed by atoms with van der Waals surface area (Å²) >= 11 is 1.63. The van der Waals surface area contributed by atoms with Gasteiger partial charge >= 0.3 is 7.12 Å². The average molecular weight is 298 g/mol. The highest BCUT2D eigenvalue weighted by Crippen LogP contribution is 2.23. The van der Waals surface area contributed by atoms with Crippen LogP contribution in [0, 0.1) is 6.92 Å². The van der Waals surface area contributed by atoms with Crippen molar-refractivity contribution < 1.29 is 10.0 Å². The Kier molecular flexibility index (Phi) is 4.01. The minimum absolute atomic E-state index is 0.503. The average Bonchev–Trinajstić information content (AvgIpc) is 2.87. The van der Waals surface area contributed by atoms with Gasteiger partial charge in [-0.05, 0) is 35.6 Å². The smallest absolute Gasteiger partial charge is 0.423 e. The van der Waals surface area contributed by atoms with Crippen LogP contribution in [0.4, 0.5) is 0 Å². The van der Waals surface area contributed by atoms with E-state index in [0.29, 0.717) is 5.46 Å². The zero-order valence-electron chi connectivity index (χ0n) is 11.6. The van der Waals surface area contributed by atoms with E-state index in [2.05, 4.69) is 29.0 Å². The zero-order valence-corrected chi connectivity index (χ0v) is 12.4. The van der Waals surface area contributed by atoms with Crippen LogP contribution in [-0.4, -0.2) is 27.1 Å². The first-order valence-corrected chi connectivity index (χ1v) is 7.64. The van der Waals surface area contributed by atoms with Crippen molar-refractivity contribution in [2.75, 3.05) is 0 Å². The van der Waals surface area contributed by atoms with E-state index >= 15 is 0 Å². The van der Waals surface area contributed by atoms with Gasteiger partial charge in [-0.1, -0.05) is 42.1 Å². The Bertz CT molecular complexity index is 756. The van der Waals surface area contributed by atoms with E-state index in [9.17, 15) is 0 Å². The highest BCUT2D eigenvalue weighted by molar-refractivity contribution is 7.98. The lowest BCUT2D eigenvalue weighted by molar-refractivity contribution is 0.426. The molecule has 106 valence electrons. The number of imidazole rings is 1. The molecule has 0 saturated heterocycles. The summed E-state index contributed by atoms with van der Waals surface area (Å²) in [4.78, 5) is 7.85. The topological polar surface area (TPSA) is 69.1 Å². The monoisotopic (exact) mass is 298 g/mol. The number of aryl methyl sites for hydroxylation is 1. The van der Waals surface area contributed by atoms with Crippen LogP contribution in [0.5, 0.6) is 0 Å². The van der Waals surface area contributed by atoms with Crippen molar-refractivity contribution in [1.29, 1.82) is 0 Å². The van der Waals surface area contributed by atoms with Gasteiger partial charge in [0.25, 0.3) is 0 Å². The summed E-state index contributed by atoms with van der Waals surface area (Å²) in [6.45, 7) is 2.06. The molecule has 0 atom stereocenters. The van der Waals surface area contributed by atoms with Gasteiger partial charge in [0.1, 0.15) is 0 Å². The Hall–Kier alpha value is -1.76. The van der Waals surface area contributed by atoms with Gasteiger partial charge in [-0.15, -0.1) is 0 Å². The summed E-state index contributed by atoms with van der Waals surface area (Å²) in [5, 5.41) is 19.0. The lowest BCUT2D eigenvalue weighted by Crippen LogP contribution is -2.29. The highest BCUT2D eigenvalue weighted by atomic mass is 32.2. The Balaban J connectivity index is 1.71. The first-order chi connectivity index (χ1) is 10.1. The lowest BCUT2D eigenvalue weighted by atomic mass is 9.80. The van der Waals surface area contributed by atoms with Crippen LogP contribution in [0.25, 0.3) is 11.0 Å². The number of nitrogens with one attached hydrogen (secondary N) is 1. The van der Waals surface area contributed by atoms with Gasteiger partial charge in [0.15, 0.2) is 5.16 Å². The molecular formula is C15H15BN2O2S. The molecule has 0 bridgehead atoms. The largest absolute Gasteiger partial charge is 0.488 e. The van der Waals surface area contributed by atoms with Crippen molar-refractivity contribution in [3.63, 3.8) is 0 Å². The molecule has 0 spiro atoms. The van der Waals surface area contributed by atoms with Gasteiger partial charge in [0.2, 0.25) is 0 Å². The number of fused-ring (bicyclic) bond motifs is 1. The van der Waals surface area contributed by atoms with Crippen LogP contribution in [-0.2, 0) is 5.75 Å². The van der Waals surface area contributed by atoms with E-state index in [0.717, 1.165) is 27.5 Å². The fourth-order valence-electron chi connectivity index (χ4n) is 2.11. The van der Waals surface area contributed by atoms with Crippen molar-refractivity contribution in [3.05, 3.63) is 53.6 Å². The van der Waals surface area contributed by atoms with Crippen LogP contribution in [0.2, 0.25) is 0 Å². The second kappa shape index (κ2) is 5.93. The van der Waals surface area contributed by atoms with Crippen molar-refractivity contribution in [2.45, 2.75) is 17.8 Å². The molecule has 21 heavy (non-hydrogen) atoms. The van der Waals surface area contributed by atoms with Crippen LogP contribution in [0.3, 0.4) is 0 Å². The summed E-state index contributed by atoms with van der Waals surface area (Å²) in [5.74, 6) is 0.778. The molecular weight excluding hydrogens is 283 g/mol. The molecule has 2 aromatic carbocycles. The number of thioether (sulfide) groups is 1. The van der Waals surface area contributed by atoms with Gasteiger partial charge in [0, 0.05) is 5.75 Å². The van der Waals surface area contributed by atoms with E-state index in [-0.39, 0.29) is 0 Å². The van der Waals surface area contributed by atoms with Gasteiger partial charge in [0.05, 0.1) is 11.0 Å². The molecule has 0 unspecified atom stereocenters. The third-order valence-electron chi connectivity index (χ3n) is 3.27. The fourth-order valence-corrected chi connectivity index (χ4v) is 2.95.